The fourth-order valence-corrected chi connectivity index (χ4v) is 8.67. The summed E-state index contributed by atoms with van der Waals surface area (Å²) in [6, 6.07) is 0.112. The molecular weight excluding hydrogens is 502 g/mol. The van der Waals surface area contributed by atoms with Crippen LogP contribution in [0.2, 0.25) is 0 Å². The molecule has 2 heterocycles. The molecule has 40 heavy (non-hydrogen) atoms. The van der Waals surface area contributed by atoms with E-state index in [0.717, 1.165) is 43.6 Å². The molecule has 4 N–H and O–H groups in total. The van der Waals surface area contributed by atoms with Gasteiger partial charge in [-0.05, 0) is 107 Å². The number of nitrogens with zero attached hydrogens (tertiary/aromatic N) is 1. The molecule has 0 aromatic rings. The second kappa shape index (κ2) is 14.5. The van der Waals surface area contributed by atoms with Crippen molar-refractivity contribution in [2.45, 2.75) is 122 Å². The van der Waals surface area contributed by atoms with E-state index in [2.05, 4.69) is 29.7 Å². The molecule has 5 rings (SSSR count). The number of hydrogen-bond donors (Lipinski definition) is 4. The SMILES string of the molecule is CC1CCC(/C=C/C2CCC(CN3O[C@H]([C@@H](C)O)[C@H](CO)[C@@H]3C(=O)NCCC3CNC4CCCCC34)CC2)CC1. The van der Waals surface area contributed by atoms with Crippen LogP contribution in [-0.4, -0.2) is 71.7 Å². The largest absolute Gasteiger partial charge is 0.396 e. The van der Waals surface area contributed by atoms with E-state index in [-0.39, 0.29) is 12.5 Å². The van der Waals surface area contributed by atoms with E-state index in [4.69, 9.17) is 4.84 Å². The molecule has 0 spiro atoms. The van der Waals surface area contributed by atoms with Crippen LogP contribution < -0.4 is 10.6 Å². The zero-order valence-electron chi connectivity index (χ0n) is 25.2. The number of hydroxylamine groups is 2. The third-order valence-electron chi connectivity index (χ3n) is 11.3. The molecule has 0 aromatic carbocycles. The molecule has 0 bridgehead atoms. The number of aliphatic hydroxyl groups is 2. The molecule has 7 nitrogen and oxygen atoms in total. The van der Waals surface area contributed by atoms with Crippen molar-refractivity contribution >= 4 is 5.91 Å². The van der Waals surface area contributed by atoms with Gasteiger partial charge in [-0.15, -0.1) is 0 Å². The molecule has 228 valence electrons. The Hall–Kier alpha value is -0.990. The summed E-state index contributed by atoms with van der Waals surface area (Å²) in [4.78, 5) is 19.8. The normalized spacial score (nSPS) is 41.7. The lowest BCUT2D eigenvalue weighted by molar-refractivity contribution is -0.193. The highest BCUT2D eigenvalue weighted by molar-refractivity contribution is 5.82. The van der Waals surface area contributed by atoms with Crippen LogP contribution in [0.5, 0.6) is 0 Å². The molecule has 3 aliphatic carbocycles. The van der Waals surface area contributed by atoms with E-state index in [1.165, 1.54) is 64.2 Å². The van der Waals surface area contributed by atoms with Crippen molar-refractivity contribution in [2.75, 3.05) is 26.2 Å². The standard InChI is InChI=1S/C33H57N3O4/c1-22-7-9-24(10-8-22)11-12-25-13-15-26(16-14-25)20-36-31(29(21-37)32(40-36)23(2)38)33(39)34-18-17-27-19-35-30-6-4-3-5-28(27)30/h11-12,22-32,35,37-38H,3-10,13-21H2,1-2H3,(H,34,39)/b12-11+/t22?,23-,24?,25?,26?,27?,28?,29-,30?,31-,32-/m1/s1. The van der Waals surface area contributed by atoms with E-state index in [1.807, 2.05) is 5.06 Å². The van der Waals surface area contributed by atoms with Gasteiger partial charge in [-0.3, -0.25) is 9.63 Å². The number of allylic oxidation sites excluding steroid dienone is 2. The van der Waals surface area contributed by atoms with Gasteiger partial charge < -0.3 is 20.8 Å². The second-order valence-corrected chi connectivity index (χ2v) is 14.2. The molecule has 7 atom stereocenters. The van der Waals surface area contributed by atoms with Crippen LogP contribution in [0.15, 0.2) is 12.2 Å². The molecule has 5 fully saturated rings. The van der Waals surface area contributed by atoms with Gasteiger partial charge in [-0.25, -0.2) is 0 Å². The molecule has 3 unspecified atom stereocenters. The highest BCUT2D eigenvalue weighted by Gasteiger charge is 2.49. The summed E-state index contributed by atoms with van der Waals surface area (Å²) < 4.78 is 0. The Labute approximate surface area is 242 Å². The predicted octanol–water partition coefficient (Wildman–Crippen LogP) is 4.43. The van der Waals surface area contributed by atoms with Crippen LogP contribution in [0.4, 0.5) is 0 Å². The van der Waals surface area contributed by atoms with Crippen LogP contribution in [-0.2, 0) is 9.63 Å². The number of carbonyl (C=O) groups is 1. The first-order valence-electron chi connectivity index (χ1n) is 16.8. The Morgan fingerprint density at radius 3 is 2.38 bits per heavy atom. The zero-order chi connectivity index (χ0) is 28.1. The van der Waals surface area contributed by atoms with Crippen molar-refractivity contribution in [3.63, 3.8) is 0 Å². The van der Waals surface area contributed by atoms with Crippen LogP contribution in [0.3, 0.4) is 0 Å². The van der Waals surface area contributed by atoms with Crippen molar-refractivity contribution in [1.82, 2.24) is 15.7 Å². The molecule has 5 aliphatic rings. The van der Waals surface area contributed by atoms with Crippen LogP contribution in [0.25, 0.3) is 0 Å². The smallest absolute Gasteiger partial charge is 0.240 e. The number of nitrogens with one attached hydrogen (secondary N) is 2. The van der Waals surface area contributed by atoms with Gasteiger partial charge in [0.1, 0.15) is 12.1 Å². The van der Waals surface area contributed by atoms with Crippen molar-refractivity contribution < 1.29 is 19.8 Å². The van der Waals surface area contributed by atoms with Gasteiger partial charge in [0.05, 0.1) is 12.7 Å². The maximum absolute atomic E-state index is 13.5. The summed E-state index contributed by atoms with van der Waals surface area (Å²) in [5.41, 5.74) is 0. The van der Waals surface area contributed by atoms with Crippen LogP contribution in [0.1, 0.15) is 97.3 Å². The molecule has 3 saturated carbocycles. The lowest BCUT2D eigenvalue weighted by atomic mass is 9.79. The Morgan fingerprint density at radius 2 is 1.70 bits per heavy atom. The van der Waals surface area contributed by atoms with E-state index >= 15 is 0 Å². The molecule has 0 aromatic heterocycles. The number of rotatable bonds is 10. The van der Waals surface area contributed by atoms with Gasteiger partial charge in [0.2, 0.25) is 5.91 Å². The van der Waals surface area contributed by atoms with Crippen LogP contribution >= 0.6 is 0 Å². The van der Waals surface area contributed by atoms with Gasteiger partial charge in [0.25, 0.3) is 0 Å². The number of hydrogen-bond acceptors (Lipinski definition) is 6. The summed E-state index contributed by atoms with van der Waals surface area (Å²) >= 11 is 0. The van der Waals surface area contributed by atoms with Gasteiger partial charge >= 0.3 is 0 Å². The molecule has 0 radical (unpaired) electrons. The molecule has 7 heteroatoms. The van der Waals surface area contributed by atoms with Crippen molar-refractivity contribution in [1.29, 1.82) is 0 Å². The molecule has 1 amide bonds. The third kappa shape index (κ3) is 7.50. The maximum Gasteiger partial charge on any atom is 0.240 e. The van der Waals surface area contributed by atoms with Gasteiger partial charge in [0.15, 0.2) is 0 Å². The quantitative estimate of drug-likeness (QED) is 0.296. The van der Waals surface area contributed by atoms with E-state index < -0.39 is 24.2 Å². The number of carbonyl (C=O) groups excluding carboxylic acids is 1. The van der Waals surface area contributed by atoms with Gasteiger partial charge in [0, 0.05) is 25.0 Å². The topological polar surface area (TPSA) is 94.1 Å². The lowest BCUT2D eigenvalue weighted by Crippen LogP contribution is -2.49. The highest BCUT2D eigenvalue weighted by atomic mass is 16.7. The van der Waals surface area contributed by atoms with E-state index in [9.17, 15) is 15.0 Å². The Balaban J connectivity index is 1.12. The molecule has 2 saturated heterocycles. The first-order chi connectivity index (χ1) is 19.4. The first-order valence-corrected chi connectivity index (χ1v) is 16.8. The van der Waals surface area contributed by atoms with Gasteiger partial charge in [-0.1, -0.05) is 44.8 Å². The van der Waals surface area contributed by atoms with Crippen molar-refractivity contribution in [3.05, 3.63) is 12.2 Å². The highest BCUT2D eigenvalue weighted by Crippen LogP contribution is 2.38. The third-order valence-corrected chi connectivity index (χ3v) is 11.3. The maximum atomic E-state index is 13.5. The summed E-state index contributed by atoms with van der Waals surface area (Å²) in [6.07, 6.45) is 20.0. The average Bonchev–Trinajstić information content (AvgIpc) is 3.55. The summed E-state index contributed by atoms with van der Waals surface area (Å²) in [5, 5.41) is 29.4. The van der Waals surface area contributed by atoms with Crippen LogP contribution in [0, 0.1) is 41.4 Å². The molecule has 2 aliphatic heterocycles. The Kier molecular flexibility index (Phi) is 11.0. The van der Waals surface area contributed by atoms with Crippen molar-refractivity contribution in [2.24, 2.45) is 41.4 Å². The second-order valence-electron chi connectivity index (χ2n) is 14.2. The Morgan fingerprint density at radius 1 is 1.02 bits per heavy atom. The fraction of sp³-hybridized carbons (Fsp3) is 0.909. The minimum absolute atomic E-state index is 0.0632. The van der Waals surface area contributed by atoms with E-state index in [1.54, 1.807) is 6.92 Å². The zero-order valence-corrected chi connectivity index (χ0v) is 25.2. The summed E-state index contributed by atoms with van der Waals surface area (Å²) in [7, 11) is 0. The number of fused-ring (bicyclic) bond motifs is 1. The van der Waals surface area contributed by atoms with Crippen molar-refractivity contribution in [3.8, 4) is 0 Å². The minimum Gasteiger partial charge on any atom is -0.396 e. The number of amides is 1. The monoisotopic (exact) mass is 559 g/mol. The first kappa shape index (κ1) is 30.5. The summed E-state index contributed by atoms with van der Waals surface area (Å²) in [5.74, 6) is 3.69. The average molecular weight is 560 g/mol. The minimum atomic E-state index is -0.742. The Bertz CT molecular complexity index is 821. The summed E-state index contributed by atoms with van der Waals surface area (Å²) in [6.45, 7) is 6.32. The number of aliphatic hydroxyl groups excluding tert-OH is 2. The van der Waals surface area contributed by atoms with E-state index in [0.29, 0.717) is 36.9 Å². The van der Waals surface area contributed by atoms with Gasteiger partial charge in [-0.2, -0.15) is 5.06 Å². The lowest BCUT2D eigenvalue weighted by Gasteiger charge is -2.32. The molecular formula is C33H57N3O4. The fourth-order valence-electron chi connectivity index (χ4n) is 8.67. The predicted molar refractivity (Wildman–Crippen MR) is 158 cm³/mol.